The van der Waals surface area contributed by atoms with Crippen LogP contribution in [0.5, 0.6) is 11.5 Å². The van der Waals surface area contributed by atoms with Gasteiger partial charge in [0.05, 0.1) is 19.9 Å². The van der Waals surface area contributed by atoms with Crippen LogP contribution in [0.25, 0.3) is 0 Å². The number of hydrogen-bond donors (Lipinski definition) is 2. The van der Waals surface area contributed by atoms with Crippen LogP contribution in [-0.2, 0) is 6.54 Å². The smallest absolute Gasteiger partial charge is 0.229 e. The number of para-hydroxylation sites is 1. The minimum absolute atomic E-state index is 0.475. The van der Waals surface area contributed by atoms with E-state index >= 15 is 0 Å². The van der Waals surface area contributed by atoms with E-state index in [2.05, 4.69) is 20.6 Å². The molecule has 3 aromatic rings. The van der Waals surface area contributed by atoms with Crippen molar-refractivity contribution in [2.24, 2.45) is 0 Å². The molecule has 0 radical (unpaired) electrons. The Balaban J connectivity index is 1.81. The maximum absolute atomic E-state index is 6.18. The van der Waals surface area contributed by atoms with Gasteiger partial charge in [0.2, 0.25) is 5.95 Å². The zero-order valence-electron chi connectivity index (χ0n) is 16.3. The number of methoxy groups -OCH3 is 2. The fourth-order valence-electron chi connectivity index (χ4n) is 2.80. The lowest BCUT2D eigenvalue weighted by Crippen LogP contribution is -2.07. The van der Waals surface area contributed by atoms with Crippen LogP contribution in [0.2, 0.25) is 5.02 Å². The Hall–Kier alpha value is -2.99. The Morgan fingerprint density at radius 1 is 0.964 bits per heavy atom. The van der Waals surface area contributed by atoms with Gasteiger partial charge in [0, 0.05) is 35.0 Å². The summed E-state index contributed by atoms with van der Waals surface area (Å²) in [5, 5.41) is 7.20. The first kappa shape index (κ1) is 19.8. The summed E-state index contributed by atoms with van der Waals surface area (Å²) in [5.74, 6) is 2.65. The molecule has 0 aliphatic carbocycles. The van der Waals surface area contributed by atoms with Gasteiger partial charge >= 0.3 is 0 Å². The molecule has 28 heavy (non-hydrogen) atoms. The maximum atomic E-state index is 6.18. The lowest BCUT2D eigenvalue weighted by Gasteiger charge is -2.14. The summed E-state index contributed by atoms with van der Waals surface area (Å²) in [6.07, 6.45) is 0. The van der Waals surface area contributed by atoms with Gasteiger partial charge in [-0.3, -0.25) is 0 Å². The number of halogens is 1. The zero-order valence-corrected chi connectivity index (χ0v) is 17.1. The highest BCUT2D eigenvalue weighted by molar-refractivity contribution is 6.31. The van der Waals surface area contributed by atoms with E-state index in [-0.39, 0.29) is 0 Å². The van der Waals surface area contributed by atoms with E-state index < -0.39 is 0 Å². The summed E-state index contributed by atoms with van der Waals surface area (Å²) in [7, 11) is 3.26. The molecule has 2 aromatic carbocycles. The topological polar surface area (TPSA) is 68.3 Å². The second-order valence-corrected chi connectivity index (χ2v) is 6.72. The van der Waals surface area contributed by atoms with Crippen molar-refractivity contribution in [2.75, 3.05) is 24.9 Å². The van der Waals surface area contributed by atoms with Crippen LogP contribution >= 0.6 is 11.6 Å². The van der Waals surface area contributed by atoms with Crippen molar-refractivity contribution in [3.05, 3.63) is 64.3 Å². The normalized spacial score (nSPS) is 10.5. The summed E-state index contributed by atoms with van der Waals surface area (Å²) in [6.45, 7) is 4.44. The van der Waals surface area contributed by atoms with Gasteiger partial charge in [-0.15, -0.1) is 0 Å². The van der Waals surface area contributed by atoms with E-state index in [1.807, 2.05) is 50.2 Å². The predicted molar refractivity (Wildman–Crippen MR) is 113 cm³/mol. The fraction of sp³-hybridized carbons (Fsp3) is 0.238. The van der Waals surface area contributed by atoms with Gasteiger partial charge in [-0.05, 0) is 31.5 Å². The molecule has 146 valence electrons. The van der Waals surface area contributed by atoms with Crippen LogP contribution in [0, 0.1) is 13.8 Å². The molecule has 0 bridgehead atoms. The molecule has 0 fully saturated rings. The highest BCUT2D eigenvalue weighted by Crippen LogP contribution is 2.32. The van der Waals surface area contributed by atoms with Gasteiger partial charge < -0.3 is 20.1 Å². The van der Waals surface area contributed by atoms with Crippen molar-refractivity contribution >= 4 is 29.1 Å². The number of rotatable bonds is 7. The number of aryl methyl sites for hydroxylation is 2. The number of nitrogens with one attached hydrogen (secondary N) is 2. The molecule has 0 saturated heterocycles. The summed E-state index contributed by atoms with van der Waals surface area (Å²) >= 11 is 6.18. The number of benzene rings is 2. The van der Waals surface area contributed by atoms with Crippen molar-refractivity contribution in [3.63, 3.8) is 0 Å². The lowest BCUT2D eigenvalue weighted by atomic mass is 10.2. The van der Waals surface area contributed by atoms with Gasteiger partial charge in [-0.25, -0.2) is 4.98 Å². The van der Waals surface area contributed by atoms with Crippen molar-refractivity contribution < 1.29 is 9.47 Å². The number of aromatic nitrogens is 2. The average molecular weight is 399 g/mol. The zero-order chi connectivity index (χ0) is 20.1. The predicted octanol–water partition coefficient (Wildman–Crippen LogP) is 5.12. The average Bonchev–Trinajstić information content (AvgIpc) is 2.68. The van der Waals surface area contributed by atoms with Crippen LogP contribution in [0.4, 0.5) is 17.5 Å². The van der Waals surface area contributed by atoms with Crippen molar-refractivity contribution in [2.45, 2.75) is 20.4 Å². The Bertz CT molecular complexity index is 979. The van der Waals surface area contributed by atoms with Crippen molar-refractivity contribution in [1.29, 1.82) is 0 Å². The van der Waals surface area contributed by atoms with Gasteiger partial charge in [0.1, 0.15) is 17.3 Å². The van der Waals surface area contributed by atoms with Gasteiger partial charge in [0.15, 0.2) is 0 Å². The molecule has 0 saturated carbocycles. The molecular formula is C21H23ClN4O2. The maximum Gasteiger partial charge on any atom is 0.229 e. The third-order valence-corrected chi connectivity index (χ3v) is 4.64. The Labute approximate surface area is 169 Å². The van der Waals surface area contributed by atoms with Crippen LogP contribution < -0.4 is 20.1 Å². The number of ether oxygens (including phenoxy) is 2. The Morgan fingerprint density at radius 2 is 1.71 bits per heavy atom. The molecule has 0 aliphatic rings. The van der Waals surface area contributed by atoms with Crippen molar-refractivity contribution in [1.82, 2.24) is 9.97 Å². The summed E-state index contributed by atoms with van der Waals surface area (Å²) in [5.41, 5.74) is 3.58. The second-order valence-electron chi connectivity index (χ2n) is 6.31. The van der Waals surface area contributed by atoms with Crippen LogP contribution in [0.1, 0.15) is 16.8 Å². The first-order valence-corrected chi connectivity index (χ1v) is 9.20. The molecule has 7 heteroatoms. The monoisotopic (exact) mass is 398 g/mol. The molecular weight excluding hydrogens is 376 g/mol. The highest BCUT2D eigenvalue weighted by Gasteiger charge is 2.10. The molecule has 1 aromatic heterocycles. The third-order valence-electron chi connectivity index (χ3n) is 4.23. The van der Waals surface area contributed by atoms with E-state index in [1.54, 1.807) is 20.3 Å². The molecule has 0 amide bonds. The molecule has 0 spiro atoms. The van der Waals surface area contributed by atoms with E-state index in [1.165, 1.54) is 0 Å². The molecule has 2 N–H and O–H groups in total. The van der Waals surface area contributed by atoms with Crippen LogP contribution in [0.3, 0.4) is 0 Å². The van der Waals surface area contributed by atoms with Gasteiger partial charge in [-0.1, -0.05) is 29.8 Å². The largest absolute Gasteiger partial charge is 0.496 e. The Morgan fingerprint density at radius 3 is 2.46 bits per heavy atom. The number of anilines is 3. The molecule has 1 heterocycles. The summed E-state index contributed by atoms with van der Waals surface area (Å²) < 4.78 is 10.8. The molecule has 3 rings (SSSR count). The highest BCUT2D eigenvalue weighted by atomic mass is 35.5. The van der Waals surface area contributed by atoms with E-state index in [0.717, 1.165) is 28.3 Å². The quantitative estimate of drug-likeness (QED) is 0.575. The standard InChI is InChI=1S/C21H23ClN4O2/c1-13-9-17(19(28-4)11-16(13)22)25-21-24-14(2)10-20(26-21)23-12-15-7-5-6-8-18(15)27-3/h5-11H,12H2,1-4H3,(H2,23,24,25,26). The minimum atomic E-state index is 0.475. The van der Waals surface area contributed by atoms with Crippen LogP contribution in [0.15, 0.2) is 42.5 Å². The van der Waals surface area contributed by atoms with Crippen LogP contribution in [-0.4, -0.2) is 24.2 Å². The molecule has 0 atom stereocenters. The Kier molecular flexibility index (Phi) is 6.21. The molecule has 0 unspecified atom stereocenters. The first-order chi connectivity index (χ1) is 13.5. The van der Waals surface area contributed by atoms with E-state index in [0.29, 0.717) is 29.1 Å². The summed E-state index contributed by atoms with van der Waals surface area (Å²) in [6, 6.07) is 13.5. The second kappa shape index (κ2) is 8.80. The molecule has 6 nitrogen and oxygen atoms in total. The lowest BCUT2D eigenvalue weighted by molar-refractivity contribution is 0.410. The van der Waals surface area contributed by atoms with E-state index in [9.17, 15) is 0 Å². The van der Waals surface area contributed by atoms with E-state index in [4.69, 9.17) is 21.1 Å². The fourth-order valence-corrected chi connectivity index (χ4v) is 2.95. The van der Waals surface area contributed by atoms with Gasteiger partial charge in [0.25, 0.3) is 0 Å². The first-order valence-electron chi connectivity index (χ1n) is 8.82. The minimum Gasteiger partial charge on any atom is -0.496 e. The van der Waals surface area contributed by atoms with Gasteiger partial charge in [-0.2, -0.15) is 4.98 Å². The SMILES string of the molecule is COc1ccccc1CNc1cc(C)nc(Nc2cc(C)c(Cl)cc2OC)n1. The number of hydrogen-bond acceptors (Lipinski definition) is 6. The molecule has 0 aliphatic heterocycles. The number of nitrogens with zero attached hydrogens (tertiary/aromatic N) is 2. The van der Waals surface area contributed by atoms with Crippen molar-refractivity contribution in [3.8, 4) is 11.5 Å². The summed E-state index contributed by atoms with van der Waals surface area (Å²) in [4.78, 5) is 9.03. The third kappa shape index (κ3) is 4.64.